The standard InChI is InChI=1S/C18H26ClNO2/c1-18(2,3)14-9-8-13(10-15(14)19)17(22)20-16(11-21)12-6-4-5-7-12/h8-10,12,16,21H,4-7,11H2,1-3H3,(H,20,22). The summed E-state index contributed by atoms with van der Waals surface area (Å²) in [7, 11) is 0. The van der Waals surface area contributed by atoms with Gasteiger partial charge in [0.1, 0.15) is 0 Å². The zero-order chi connectivity index (χ0) is 16.3. The molecule has 2 rings (SSSR count). The quantitative estimate of drug-likeness (QED) is 0.882. The molecule has 1 amide bonds. The maximum absolute atomic E-state index is 12.4. The fraction of sp³-hybridized carbons (Fsp3) is 0.611. The van der Waals surface area contributed by atoms with E-state index in [0.29, 0.717) is 16.5 Å². The Bertz CT molecular complexity index is 530. The molecular formula is C18H26ClNO2. The van der Waals surface area contributed by atoms with Crippen LogP contribution in [0, 0.1) is 5.92 Å². The molecule has 2 N–H and O–H groups in total. The summed E-state index contributed by atoms with van der Waals surface area (Å²) >= 11 is 6.33. The number of carbonyl (C=O) groups excluding carboxylic acids is 1. The van der Waals surface area contributed by atoms with Crippen LogP contribution in [0.15, 0.2) is 18.2 Å². The van der Waals surface area contributed by atoms with Crippen LogP contribution in [0.4, 0.5) is 0 Å². The monoisotopic (exact) mass is 323 g/mol. The number of benzene rings is 1. The van der Waals surface area contributed by atoms with Crippen LogP contribution >= 0.6 is 11.6 Å². The number of hydrogen-bond donors (Lipinski definition) is 2. The Balaban J connectivity index is 2.10. The second-order valence-electron chi connectivity index (χ2n) is 7.25. The number of amides is 1. The number of aliphatic hydroxyl groups excluding tert-OH is 1. The molecule has 4 heteroatoms. The van der Waals surface area contributed by atoms with E-state index < -0.39 is 0 Å². The molecule has 0 radical (unpaired) electrons. The van der Waals surface area contributed by atoms with Crippen molar-refractivity contribution in [3.05, 3.63) is 34.3 Å². The van der Waals surface area contributed by atoms with Gasteiger partial charge in [0.15, 0.2) is 0 Å². The van der Waals surface area contributed by atoms with Crippen LogP contribution in [0.5, 0.6) is 0 Å². The van der Waals surface area contributed by atoms with Crippen molar-refractivity contribution >= 4 is 17.5 Å². The van der Waals surface area contributed by atoms with Crippen LogP contribution < -0.4 is 5.32 Å². The van der Waals surface area contributed by atoms with Crippen LogP contribution in [0.2, 0.25) is 5.02 Å². The van der Waals surface area contributed by atoms with E-state index in [-0.39, 0.29) is 24.0 Å². The molecule has 0 saturated heterocycles. The van der Waals surface area contributed by atoms with Gasteiger partial charge in [-0.2, -0.15) is 0 Å². The molecule has 0 spiro atoms. The lowest BCUT2D eigenvalue weighted by molar-refractivity contribution is 0.0889. The highest BCUT2D eigenvalue weighted by molar-refractivity contribution is 6.31. The van der Waals surface area contributed by atoms with Crippen LogP contribution in [0.25, 0.3) is 0 Å². The van der Waals surface area contributed by atoms with Gasteiger partial charge in [0.2, 0.25) is 0 Å². The lowest BCUT2D eigenvalue weighted by atomic mass is 9.86. The van der Waals surface area contributed by atoms with Crippen LogP contribution in [0.1, 0.15) is 62.4 Å². The maximum Gasteiger partial charge on any atom is 0.251 e. The van der Waals surface area contributed by atoms with Crippen molar-refractivity contribution in [1.29, 1.82) is 0 Å². The first-order valence-electron chi connectivity index (χ1n) is 8.04. The number of aliphatic hydroxyl groups is 1. The molecule has 0 aromatic heterocycles. The van der Waals surface area contributed by atoms with Gasteiger partial charge in [0, 0.05) is 10.6 Å². The molecule has 0 heterocycles. The Kier molecular flexibility index (Phi) is 5.51. The third kappa shape index (κ3) is 4.02. The predicted molar refractivity (Wildman–Crippen MR) is 90.5 cm³/mol. The SMILES string of the molecule is CC(C)(C)c1ccc(C(=O)NC(CO)C2CCCC2)cc1Cl. The van der Waals surface area contributed by atoms with Gasteiger partial charge in [0.25, 0.3) is 5.91 Å². The predicted octanol–water partition coefficient (Wildman–Crippen LogP) is 3.92. The van der Waals surface area contributed by atoms with Crippen molar-refractivity contribution in [2.45, 2.75) is 57.9 Å². The zero-order valence-electron chi connectivity index (χ0n) is 13.7. The molecule has 3 nitrogen and oxygen atoms in total. The lowest BCUT2D eigenvalue weighted by Gasteiger charge is -2.23. The van der Waals surface area contributed by atoms with Crippen molar-refractivity contribution in [2.24, 2.45) is 5.92 Å². The molecule has 1 aromatic rings. The summed E-state index contributed by atoms with van der Waals surface area (Å²) in [5, 5.41) is 13.1. The molecule has 1 unspecified atom stereocenters. The highest BCUT2D eigenvalue weighted by atomic mass is 35.5. The van der Waals surface area contributed by atoms with Crippen molar-refractivity contribution in [2.75, 3.05) is 6.61 Å². The fourth-order valence-corrected chi connectivity index (χ4v) is 3.65. The van der Waals surface area contributed by atoms with E-state index in [1.807, 2.05) is 12.1 Å². The Hall–Kier alpha value is -1.06. The number of rotatable bonds is 4. The molecule has 1 saturated carbocycles. The summed E-state index contributed by atoms with van der Waals surface area (Å²) < 4.78 is 0. The topological polar surface area (TPSA) is 49.3 Å². The zero-order valence-corrected chi connectivity index (χ0v) is 14.4. The third-order valence-electron chi connectivity index (χ3n) is 4.52. The Labute approximate surface area is 138 Å². The van der Waals surface area contributed by atoms with E-state index in [4.69, 9.17) is 11.6 Å². The highest BCUT2D eigenvalue weighted by Crippen LogP contribution is 2.30. The van der Waals surface area contributed by atoms with Gasteiger partial charge in [0.05, 0.1) is 12.6 Å². The van der Waals surface area contributed by atoms with Gasteiger partial charge in [-0.1, -0.05) is 51.3 Å². The molecule has 0 aliphatic heterocycles. The first kappa shape index (κ1) is 17.3. The smallest absolute Gasteiger partial charge is 0.251 e. The number of halogens is 1. The minimum Gasteiger partial charge on any atom is -0.394 e. The molecule has 1 aliphatic carbocycles. The van der Waals surface area contributed by atoms with Crippen molar-refractivity contribution < 1.29 is 9.90 Å². The van der Waals surface area contributed by atoms with Crippen molar-refractivity contribution in [3.8, 4) is 0 Å². The van der Waals surface area contributed by atoms with E-state index in [2.05, 4.69) is 26.1 Å². The van der Waals surface area contributed by atoms with E-state index in [1.165, 1.54) is 12.8 Å². The van der Waals surface area contributed by atoms with Crippen molar-refractivity contribution in [3.63, 3.8) is 0 Å². The molecule has 22 heavy (non-hydrogen) atoms. The van der Waals surface area contributed by atoms with Gasteiger partial charge in [-0.05, 0) is 41.9 Å². The Morgan fingerprint density at radius 2 is 2.00 bits per heavy atom. The summed E-state index contributed by atoms with van der Waals surface area (Å²) in [5.41, 5.74) is 1.53. The largest absolute Gasteiger partial charge is 0.394 e. The van der Waals surface area contributed by atoms with Crippen LogP contribution in [-0.2, 0) is 5.41 Å². The van der Waals surface area contributed by atoms with Crippen LogP contribution in [0.3, 0.4) is 0 Å². The van der Waals surface area contributed by atoms with E-state index in [1.54, 1.807) is 6.07 Å². The molecule has 1 atom stereocenters. The lowest BCUT2D eigenvalue weighted by Crippen LogP contribution is -2.42. The average Bonchev–Trinajstić information content (AvgIpc) is 2.96. The molecule has 122 valence electrons. The highest BCUT2D eigenvalue weighted by Gasteiger charge is 2.26. The van der Waals surface area contributed by atoms with Crippen LogP contribution in [-0.4, -0.2) is 23.7 Å². The van der Waals surface area contributed by atoms with Crippen molar-refractivity contribution in [1.82, 2.24) is 5.32 Å². The van der Waals surface area contributed by atoms with Gasteiger partial charge < -0.3 is 10.4 Å². The number of hydrogen-bond acceptors (Lipinski definition) is 2. The van der Waals surface area contributed by atoms with E-state index in [0.717, 1.165) is 18.4 Å². The van der Waals surface area contributed by atoms with E-state index in [9.17, 15) is 9.90 Å². The summed E-state index contributed by atoms with van der Waals surface area (Å²) in [6.45, 7) is 6.27. The Morgan fingerprint density at radius 1 is 1.36 bits per heavy atom. The van der Waals surface area contributed by atoms with Gasteiger partial charge in [-0.15, -0.1) is 0 Å². The van der Waals surface area contributed by atoms with Gasteiger partial charge in [-0.3, -0.25) is 4.79 Å². The second-order valence-corrected chi connectivity index (χ2v) is 7.66. The number of carbonyl (C=O) groups is 1. The molecule has 1 fully saturated rings. The van der Waals surface area contributed by atoms with Gasteiger partial charge in [-0.25, -0.2) is 0 Å². The summed E-state index contributed by atoms with van der Waals surface area (Å²) in [4.78, 5) is 12.4. The minimum absolute atomic E-state index is 0.00971. The summed E-state index contributed by atoms with van der Waals surface area (Å²) in [6.07, 6.45) is 4.52. The molecule has 1 aliphatic rings. The average molecular weight is 324 g/mol. The normalized spacial score (nSPS) is 17.5. The number of nitrogens with one attached hydrogen (secondary N) is 1. The summed E-state index contributed by atoms with van der Waals surface area (Å²) in [6, 6.07) is 5.29. The fourth-order valence-electron chi connectivity index (χ4n) is 3.19. The first-order valence-corrected chi connectivity index (χ1v) is 8.42. The summed E-state index contributed by atoms with van der Waals surface area (Å²) in [5.74, 6) is 0.228. The first-order chi connectivity index (χ1) is 10.3. The minimum atomic E-state index is -0.159. The molecular weight excluding hydrogens is 298 g/mol. The van der Waals surface area contributed by atoms with Gasteiger partial charge >= 0.3 is 0 Å². The molecule has 1 aromatic carbocycles. The van der Waals surface area contributed by atoms with E-state index >= 15 is 0 Å². The third-order valence-corrected chi connectivity index (χ3v) is 4.83. The maximum atomic E-state index is 12.4. The molecule has 0 bridgehead atoms. The second kappa shape index (κ2) is 7.01. The Morgan fingerprint density at radius 3 is 2.50 bits per heavy atom.